The predicted octanol–water partition coefficient (Wildman–Crippen LogP) is 2.73. The van der Waals surface area contributed by atoms with Crippen LogP contribution in [0.5, 0.6) is 0 Å². The van der Waals surface area contributed by atoms with Crippen LogP contribution in [-0.4, -0.2) is 91.0 Å². The number of anilines is 2. The maximum Gasteiger partial charge on any atom is 0.253 e. The van der Waals surface area contributed by atoms with Crippen LogP contribution < -0.4 is 15.5 Å². The van der Waals surface area contributed by atoms with Gasteiger partial charge in [0.05, 0.1) is 30.0 Å². The lowest BCUT2D eigenvalue weighted by molar-refractivity contribution is -0.130. The van der Waals surface area contributed by atoms with E-state index in [0.29, 0.717) is 25.5 Å². The Morgan fingerprint density at radius 2 is 2.03 bits per heavy atom. The highest BCUT2D eigenvalue weighted by molar-refractivity contribution is 5.88. The lowest BCUT2D eigenvalue weighted by atomic mass is 10.1. The van der Waals surface area contributed by atoms with E-state index in [9.17, 15) is 9.18 Å². The molecule has 36 heavy (non-hydrogen) atoms. The van der Waals surface area contributed by atoms with Crippen molar-refractivity contribution in [3.63, 3.8) is 0 Å². The standard InChI is InChI=1S/C26H34FN7O2/c1-4-34(13-12-33(3)24(35)16-27)20-7-5-19(6-8-20)21-15-22-25(30-10-9-29-22)26(32-21)31-18(2)23-17-28-11-14-36-23/h5-10,15,18,23,28H,4,11-14,16-17H2,1-3H3,(H,31,32)/t18-,23?/m1/s1. The average molecular weight is 496 g/mol. The van der Waals surface area contributed by atoms with Crippen LogP contribution in [0.15, 0.2) is 42.7 Å². The molecule has 9 nitrogen and oxygen atoms in total. The van der Waals surface area contributed by atoms with Gasteiger partial charge < -0.3 is 25.2 Å². The molecule has 2 atom stereocenters. The van der Waals surface area contributed by atoms with Gasteiger partial charge in [0.15, 0.2) is 12.5 Å². The van der Waals surface area contributed by atoms with Gasteiger partial charge in [-0.15, -0.1) is 0 Å². The van der Waals surface area contributed by atoms with Crippen LogP contribution in [0.3, 0.4) is 0 Å². The molecule has 2 N–H and O–H groups in total. The van der Waals surface area contributed by atoms with E-state index in [2.05, 4.69) is 39.3 Å². The van der Waals surface area contributed by atoms with E-state index in [1.54, 1.807) is 19.4 Å². The number of hydrogen-bond acceptors (Lipinski definition) is 8. The number of carbonyl (C=O) groups excluding carboxylic acids is 1. The van der Waals surface area contributed by atoms with E-state index in [4.69, 9.17) is 9.72 Å². The summed E-state index contributed by atoms with van der Waals surface area (Å²) in [5.74, 6) is 0.175. The van der Waals surface area contributed by atoms with E-state index in [1.807, 2.05) is 30.3 Å². The monoisotopic (exact) mass is 495 g/mol. The molecule has 1 saturated heterocycles. The third kappa shape index (κ3) is 6.06. The molecule has 192 valence electrons. The topological polar surface area (TPSA) is 95.5 Å². The summed E-state index contributed by atoms with van der Waals surface area (Å²) >= 11 is 0. The number of halogens is 1. The number of ether oxygens (including phenoxy) is 1. The molecular weight excluding hydrogens is 461 g/mol. The molecule has 0 spiro atoms. The molecule has 0 radical (unpaired) electrons. The second kappa shape index (κ2) is 12.0. The maximum atomic E-state index is 12.6. The number of benzene rings is 1. The quantitative estimate of drug-likeness (QED) is 0.443. The molecule has 1 unspecified atom stereocenters. The van der Waals surface area contributed by atoms with Crippen molar-refractivity contribution in [1.29, 1.82) is 0 Å². The molecule has 3 heterocycles. The van der Waals surface area contributed by atoms with Gasteiger partial charge in [0.2, 0.25) is 0 Å². The summed E-state index contributed by atoms with van der Waals surface area (Å²) in [4.78, 5) is 29.0. The molecule has 3 aromatic rings. The number of likely N-dealkylation sites (N-methyl/N-ethyl adjacent to an activating group) is 2. The Labute approximate surface area is 211 Å². The number of amides is 1. The van der Waals surface area contributed by atoms with Gasteiger partial charge in [0.1, 0.15) is 5.52 Å². The minimum absolute atomic E-state index is 0.0358. The zero-order chi connectivity index (χ0) is 25.5. The van der Waals surface area contributed by atoms with Crippen LogP contribution in [0.25, 0.3) is 22.3 Å². The molecule has 1 aliphatic rings. The fraction of sp³-hybridized carbons (Fsp3) is 0.462. The van der Waals surface area contributed by atoms with Gasteiger partial charge in [-0.2, -0.15) is 0 Å². The first-order chi connectivity index (χ1) is 17.5. The number of aromatic nitrogens is 3. The van der Waals surface area contributed by atoms with Crippen molar-refractivity contribution in [2.24, 2.45) is 0 Å². The number of fused-ring (bicyclic) bond motifs is 1. The molecule has 1 amide bonds. The average Bonchev–Trinajstić information content (AvgIpc) is 2.93. The number of morpholine rings is 1. The normalized spacial score (nSPS) is 16.5. The number of pyridine rings is 1. The highest BCUT2D eigenvalue weighted by atomic mass is 19.1. The Balaban J connectivity index is 1.54. The summed E-state index contributed by atoms with van der Waals surface area (Å²) in [6.45, 7) is 7.34. The Morgan fingerprint density at radius 1 is 1.25 bits per heavy atom. The SMILES string of the molecule is CCN(CCN(C)C(=O)CF)c1ccc(-c2cc3nccnc3c(N[C@H](C)C3CNCCO3)n2)cc1. The second-order valence-corrected chi connectivity index (χ2v) is 8.90. The van der Waals surface area contributed by atoms with Gasteiger partial charge >= 0.3 is 0 Å². The number of nitrogens with one attached hydrogen (secondary N) is 2. The third-order valence-electron chi connectivity index (χ3n) is 6.49. The maximum absolute atomic E-state index is 12.6. The summed E-state index contributed by atoms with van der Waals surface area (Å²) in [7, 11) is 1.62. The Kier molecular flexibility index (Phi) is 8.61. The Hall–Kier alpha value is -3.37. The number of rotatable bonds is 10. The number of alkyl halides is 1. The lowest BCUT2D eigenvalue weighted by Gasteiger charge is -2.29. The summed E-state index contributed by atoms with van der Waals surface area (Å²) in [6, 6.07) is 10.1. The number of hydrogen-bond donors (Lipinski definition) is 2. The molecule has 10 heteroatoms. The highest BCUT2D eigenvalue weighted by Gasteiger charge is 2.22. The summed E-state index contributed by atoms with van der Waals surface area (Å²) in [5, 5.41) is 6.86. The van der Waals surface area contributed by atoms with Crippen molar-refractivity contribution in [1.82, 2.24) is 25.2 Å². The first-order valence-electron chi connectivity index (χ1n) is 12.4. The van der Waals surface area contributed by atoms with Crippen molar-refractivity contribution in [3.8, 4) is 11.3 Å². The molecule has 1 aliphatic heterocycles. The van der Waals surface area contributed by atoms with Crippen molar-refractivity contribution in [2.75, 3.05) is 63.3 Å². The van der Waals surface area contributed by atoms with E-state index in [-0.39, 0.29) is 12.1 Å². The third-order valence-corrected chi connectivity index (χ3v) is 6.49. The smallest absolute Gasteiger partial charge is 0.253 e. The predicted molar refractivity (Wildman–Crippen MR) is 140 cm³/mol. The van der Waals surface area contributed by atoms with Crippen LogP contribution in [0.1, 0.15) is 13.8 Å². The minimum Gasteiger partial charge on any atom is -0.373 e. The molecule has 1 aromatic carbocycles. The summed E-state index contributed by atoms with van der Waals surface area (Å²) < 4.78 is 18.5. The molecule has 4 rings (SSSR count). The van der Waals surface area contributed by atoms with Crippen LogP contribution in [0, 0.1) is 0 Å². The van der Waals surface area contributed by atoms with Crippen LogP contribution >= 0.6 is 0 Å². The Morgan fingerprint density at radius 3 is 2.72 bits per heavy atom. The second-order valence-electron chi connectivity index (χ2n) is 8.90. The fourth-order valence-electron chi connectivity index (χ4n) is 4.25. The van der Waals surface area contributed by atoms with Gasteiger partial charge in [-0.25, -0.2) is 14.4 Å². The van der Waals surface area contributed by atoms with E-state index in [0.717, 1.165) is 47.6 Å². The van der Waals surface area contributed by atoms with Crippen molar-refractivity contribution in [3.05, 3.63) is 42.7 Å². The molecule has 1 fully saturated rings. The lowest BCUT2D eigenvalue weighted by Crippen LogP contribution is -2.46. The first kappa shape index (κ1) is 25.7. The number of carbonyl (C=O) groups is 1. The van der Waals surface area contributed by atoms with Gasteiger partial charge in [-0.3, -0.25) is 9.78 Å². The van der Waals surface area contributed by atoms with Crippen molar-refractivity contribution in [2.45, 2.75) is 26.0 Å². The summed E-state index contributed by atoms with van der Waals surface area (Å²) in [5.41, 5.74) is 4.26. The summed E-state index contributed by atoms with van der Waals surface area (Å²) in [6.07, 6.45) is 3.39. The van der Waals surface area contributed by atoms with Crippen molar-refractivity contribution >= 4 is 28.4 Å². The van der Waals surface area contributed by atoms with E-state index in [1.165, 1.54) is 4.90 Å². The van der Waals surface area contributed by atoms with Gasteiger partial charge in [0, 0.05) is 63.4 Å². The van der Waals surface area contributed by atoms with Gasteiger partial charge in [-0.1, -0.05) is 12.1 Å². The van der Waals surface area contributed by atoms with Crippen LogP contribution in [-0.2, 0) is 9.53 Å². The van der Waals surface area contributed by atoms with Crippen LogP contribution in [0.2, 0.25) is 0 Å². The largest absolute Gasteiger partial charge is 0.373 e. The molecule has 0 aliphatic carbocycles. The first-order valence-corrected chi connectivity index (χ1v) is 12.4. The highest BCUT2D eigenvalue weighted by Crippen LogP contribution is 2.28. The molecular formula is C26H34FN7O2. The zero-order valence-corrected chi connectivity index (χ0v) is 21.1. The molecule has 0 saturated carbocycles. The van der Waals surface area contributed by atoms with E-state index < -0.39 is 12.6 Å². The fourth-order valence-corrected chi connectivity index (χ4v) is 4.25. The van der Waals surface area contributed by atoms with Crippen molar-refractivity contribution < 1.29 is 13.9 Å². The molecule has 0 bridgehead atoms. The Bertz CT molecular complexity index is 1150. The van der Waals surface area contributed by atoms with E-state index >= 15 is 0 Å². The number of nitrogens with zero attached hydrogens (tertiary/aromatic N) is 5. The molecule has 2 aromatic heterocycles. The van der Waals surface area contributed by atoms with Crippen LogP contribution in [0.4, 0.5) is 15.9 Å². The van der Waals surface area contributed by atoms with Gasteiger partial charge in [0.25, 0.3) is 5.91 Å². The zero-order valence-electron chi connectivity index (χ0n) is 21.1. The minimum atomic E-state index is -0.972. The van der Waals surface area contributed by atoms with Gasteiger partial charge in [-0.05, 0) is 32.0 Å².